The molecule has 0 atom stereocenters. The minimum Gasteiger partial charge on any atom is -0.456 e. The summed E-state index contributed by atoms with van der Waals surface area (Å²) in [5.41, 5.74) is 15.3. The summed E-state index contributed by atoms with van der Waals surface area (Å²) in [6.07, 6.45) is 0. The molecule has 0 unspecified atom stereocenters. The summed E-state index contributed by atoms with van der Waals surface area (Å²) in [5.74, 6) is 3.45. The van der Waals surface area contributed by atoms with E-state index in [0.29, 0.717) is 0 Å². The lowest BCUT2D eigenvalue weighted by Crippen LogP contribution is -1.88. The molecule has 51 heavy (non-hydrogen) atoms. The maximum atomic E-state index is 6.50. The zero-order chi connectivity index (χ0) is 33.5. The van der Waals surface area contributed by atoms with Crippen LogP contribution in [0.2, 0.25) is 0 Å². The smallest absolute Gasteiger partial charge is 0.135 e. The first-order valence-corrected chi connectivity index (χ1v) is 17.2. The first kappa shape index (κ1) is 28.0. The van der Waals surface area contributed by atoms with E-state index in [-0.39, 0.29) is 0 Å². The van der Waals surface area contributed by atoms with Crippen LogP contribution in [0.5, 0.6) is 23.0 Å². The number of hydrogen-bond acceptors (Lipinski definition) is 3. The highest BCUT2D eigenvalue weighted by molar-refractivity contribution is 6.08. The maximum absolute atomic E-state index is 6.50. The third kappa shape index (κ3) is 4.38. The minimum absolute atomic E-state index is 0.855. The molecule has 0 saturated carbocycles. The van der Waals surface area contributed by atoms with Gasteiger partial charge in [0.15, 0.2) is 0 Å². The van der Waals surface area contributed by atoms with Gasteiger partial charge in [0.25, 0.3) is 0 Å². The van der Waals surface area contributed by atoms with Crippen molar-refractivity contribution in [2.24, 2.45) is 0 Å². The van der Waals surface area contributed by atoms with Gasteiger partial charge >= 0.3 is 0 Å². The number of hydrogen-bond donors (Lipinski definition) is 0. The van der Waals surface area contributed by atoms with Crippen LogP contribution in [0.4, 0.5) is 0 Å². The van der Waals surface area contributed by atoms with E-state index in [4.69, 9.17) is 13.9 Å². The number of furan rings is 1. The lowest BCUT2D eigenvalue weighted by atomic mass is 9.92. The normalized spacial score (nSPS) is 12.2. The van der Waals surface area contributed by atoms with Crippen LogP contribution < -0.4 is 9.47 Å². The summed E-state index contributed by atoms with van der Waals surface area (Å²) in [4.78, 5) is 0. The third-order valence-electron chi connectivity index (χ3n) is 10.3. The van der Waals surface area contributed by atoms with Crippen molar-refractivity contribution in [3.05, 3.63) is 170 Å². The summed E-state index contributed by atoms with van der Waals surface area (Å²) in [5, 5.41) is 2.17. The number of para-hydroxylation sites is 2. The Labute approximate surface area is 294 Å². The molecule has 0 fully saturated rings. The molecule has 0 aliphatic carbocycles. The van der Waals surface area contributed by atoms with Gasteiger partial charge in [-0.3, -0.25) is 0 Å². The van der Waals surface area contributed by atoms with E-state index in [2.05, 4.69) is 146 Å². The molecule has 0 spiro atoms. The van der Waals surface area contributed by atoms with E-state index >= 15 is 0 Å². The van der Waals surface area contributed by atoms with Crippen molar-refractivity contribution in [3.63, 3.8) is 0 Å². The molecular formula is C48H28O3. The number of benzene rings is 8. The van der Waals surface area contributed by atoms with Gasteiger partial charge in [-0.1, -0.05) is 109 Å². The van der Waals surface area contributed by atoms with Crippen LogP contribution in [0.25, 0.3) is 88.7 Å². The second-order valence-electron chi connectivity index (χ2n) is 13.2. The Morgan fingerprint density at radius 2 is 0.588 bits per heavy atom. The topological polar surface area (TPSA) is 31.6 Å². The first-order valence-electron chi connectivity index (χ1n) is 17.2. The summed E-state index contributed by atoms with van der Waals surface area (Å²) in [6.45, 7) is 0. The van der Waals surface area contributed by atoms with Crippen molar-refractivity contribution < 1.29 is 13.9 Å². The molecule has 11 rings (SSSR count). The Morgan fingerprint density at radius 3 is 1.04 bits per heavy atom. The van der Waals surface area contributed by atoms with Crippen LogP contribution in [0, 0.1) is 0 Å². The van der Waals surface area contributed by atoms with Crippen molar-refractivity contribution in [2.75, 3.05) is 0 Å². The summed E-state index contributed by atoms with van der Waals surface area (Å²) >= 11 is 0. The molecule has 0 radical (unpaired) electrons. The van der Waals surface area contributed by atoms with Gasteiger partial charge in [-0.05, 0) is 105 Å². The Hall–Kier alpha value is -6.84. The fourth-order valence-corrected chi connectivity index (χ4v) is 7.85. The van der Waals surface area contributed by atoms with Crippen LogP contribution in [-0.2, 0) is 0 Å². The zero-order valence-corrected chi connectivity index (χ0v) is 27.4. The molecule has 3 heteroatoms. The molecule has 9 aromatic rings. The monoisotopic (exact) mass is 652 g/mol. The standard InChI is InChI=1S/C48H28O3/c1-3-11-35-33(9-1)37-13-5-7-15-43(37)49-45-21-17-29(25-39(35)45)31-19-23-47-41(27-31)42-28-32(20-24-48(42)51-47)30-18-22-46-40(26-30)36-12-4-2-10-34(36)38-14-6-8-16-44(38)50-46/h1-28H. The van der Waals surface area contributed by atoms with E-state index in [1.165, 1.54) is 11.1 Å². The molecular weight excluding hydrogens is 625 g/mol. The molecule has 2 aliphatic rings. The quantitative estimate of drug-likeness (QED) is 0.186. The zero-order valence-electron chi connectivity index (χ0n) is 27.4. The van der Waals surface area contributed by atoms with E-state index in [1.807, 2.05) is 24.3 Å². The molecule has 0 amide bonds. The molecule has 0 bridgehead atoms. The van der Waals surface area contributed by atoms with Gasteiger partial charge < -0.3 is 13.9 Å². The maximum Gasteiger partial charge on any atom is 0.135 e. The SMILES string of the molecule is c1ccc2c(c1)Oc1ccc(-c3ccc4oc5ccc(-c6ccc7c(c6)-c6ccccc6-c6ccccc6O7)cc5c4c3)cc1-c1ccccc1-2. The average molecular weight is 653 g/mol. The largest absolute Gasteiger partial charge is 0.456 e. The van der Waals surface area contributed by atoms with Crippen molar-refractivity contribution in [1.82, 2.24) is 0 Å². The second kappa shape index (κ2) is 10.8. The molecule has 238 valence electrons. The first-order chi connectivity index (χ1) is 25.2. The van der Waals surface area contributed by atoms with Gasteiger partial charge in [0.1, 0.15) is 34.2 Å². The van der Waals surface area contributed by atoms with Crippen LogP contribution in [0.15, 0.2) is 174 Å². The van der Waals surface area contributed by atoms with E-state index in [9.17, 15) is 0 Å². The van der Waals surface area contributed by atoms with Gasteiger partial charge in [-0.25, -0.2) is 0 Å². The molecule has 2 aliphatic heterocycles. The van der Waals surface area contributed by atoms with E-state index < -0.39 is 0 Å². The fraction of sp³-hybridized carbons (Fsp3) is 0. The Balaban J connectivity index is 1.02. The highest BCUT2D eigenvalue weighted by Gasteiger charge is 2.23. The highest BCUT2D eigenvalue weighted by atomic mass is 16.5. The highest BCUT2D eigenvalue weighted by Crippen LogP contribution is 2.49. The Morgan fingerprint density at radius 1 is 0.255 bits per heavy atom. The molecule has 3 nitrogen and oxygen atoms in total. The lowest BCUT2D eigenvalue weighted by Gasteiger charge is -2.12. The van der Waals surface area contributed by atoms with Crippen LogP contribution in [0.1, 0.15) is 0 Å². The number of rotatable bonds is 2. The average Bonchev–Trinajstić information content (AvgIpc) is 3.40. The molecule has 0 saturated heterocycles. The van der Waals surface area contributed by atoms with Gasteiger partial charge in [-0.2, -0.15) is 0 Å². The van der Waals surface area contributed by atoms with Crippen molar-refractivity contribution in [3.8, 4) is 89.8 Å². The predicted molar refractivity (Wildman–Crippen MR) is 206 cm³/mol. The molecule has 8 aromatic carbocycles. The lowest BCUT2D eigenvalue weighted by molar-refractivity contribution is 0.487. The summed E-state index contributed by atoms with van der Waals surface area (Å²) in [7, 11) is 0. The van der Waals surface area contributed by atoms with E-state index in [1.54, 1.807) is 0 Å². The number of ether oxygens (including phenoxy) is 2. The summed E-state index contributed by atoms with van der Waals surface area (Å²) < 4.78 is 19.4. The Bertz CT molecular complexity index is 2680. The molecule has 0 N–H and O–H groups in total. The second-order valence-corrected chi connectivity index (χ2v) is 13.2. The van der Waals surface area contributed by atoms with E-state index in [0.717, 1.165) is 101 Å². The number of fused-ring (bicyclic) bond motifs is 13. The molecule has 1 aromatic heterocycles. The van der Waals surface area contributed by atoms with Crippen LogP contribution in [0.3, 0.4) is 0 Å². The van der Waals surface area contributed by atoms with Crippen molar-refractivity contribution in [2.45, 2.75) is 0 Å². The predicted octanol–water partition coefficient (Wildman–Crippen LogP) is 13.8. The van der Waals surface area contributed by atoms with Crippen molar-refractivity contribution >= 4 is 21.9 Å². The van der Waals surface area contributed by atoms with Crippen LogP contribution in [-0.4, -0.2) is 0 Å². The van der Waals surface area contributed by atoms with Gasteiger partial charge in [0.2, 0.25) is 0 Å². The summed E-state index contributed by atoms with van der Waals surface area (Å²) in [6, 6.07) is 59.6. The van der Waals surface area contributed by atoms with Crippen LogP contribution >= 0.6 is 0 Å². The van der Waals surface area contributed by atoms with Gasteiger partial charge in [0.05, 0.1) is 0 Å². The molecule has 3 heterocycles. The van der Waals surface area contributed by atoms with Crippen molar-refractivity contribution in [1.29, 1.82) is 0 Å². The minimum atomic E-state index is 0.855. The fourth-order valence-electron chi connectivity index (χ4n) is 7.85. The Kier molecular flexibility index (Phi) is 5.96. The van der Waals surface area contributed by atoms with Gasteiger partial charge in [0, 0.05) is 33.0 Å². The van der Waals surface area contributed by atoms with Gasteiger partial charge in [-0.15, -0.1) is 0 Å². The third-order valence-corrected chi connectivity index (χ3v) is 10.3.